The Bertz CT molecular complexity index is 195. The highest BCUT2D eigenvalue weighted by atomic mass is 16.5. The standard InChI is InChI=1S/C13H27NO3/c1-4-13(5-2,11-15)10-14-12(16)8-7-9-17-6-3/h15H,4-11H2,1-3H3,(H,14,16). The first-order chi connectivity index (χ1) is 8.14. The van der Waals surface area contributed by atoms with Crippen LogP contribution < -0.4 is 5.32 Å². The number of rotatable bonds is 10. The zero-order valence-electron chi connectivity index (χ0n) is 11.4. The molecule has 0 unspecified atom stereocenters. The van der Waals surface area contributed by atoms with Gasteiger partial charge in [0.05, 0.1) is 6.61 Å². The van der Waals surface area contributed by atoms with Crippen molar-refractivity contribution in [2.45, 2.75) is 46.5 Å². The first-order valence-corrected chi connectivity index (χ1v) is 6.59. The molecule has 4 nitrogen and oxygen atoms in total. The maximum Gasteiger partial charge on any atom is 0.220 e. The fraction of sp³-hybridized carbons (Fsp3) is 0.923. The molecular formula is C13H27NO3. The quantitative estimate of drug-likeness (QED) is 0.576. The Labute approximate surface area is 105 Å². The average molecular weight is 245 g/mol. The lowest BCUT2D eigenvalue weighted by atomic mass is 9.83. The van der Waals surface area contributed by atoms with Gasteiger partial charge < -0.3 is 15.2 Å². The van der Waals surface area contributed by atoms with Gasteiger partial charge in [-0.3, -0.25) is 4.79 Å². The highest BCUT2D eigenvalue weighted by Gasteiger charge is 2.25. The summed E-state index contributed by atoms with van der Waals surface area (Å²) >= 11 is 0. The van der Waals surface area contributed by atoms with Gasteiger partial charge in [-0.2, -0.15) is 0 Å². The number of hydrogen-bond acceptors (Lipinski definition) is 3. The molecule has 0 aliphatic carbocycles. The second kappa shape index (κ2) is 9.42. The number of ether oxygens (including phenoxy) is 1. The van der Waals surface area contributed by atoms with E-state index < -0.39 is 0 Å². The van der Waals surface area contributed by atoms with Crippen molar-refractivity contribution >= 4 is 5.91 Å². The fourth-order valence-corrected chi connectivity index (χ4v) is 1.63. The minimum Gasteiger partial charge on any atom is -0.396 e. The van der Waals surface area contributed by atoms with Crippen LogP contribution >= 0.6 is 0 Å². The van der Waals surface area contributed by atoms with Crippen molar-refractivity contribution in [3.05, 3.63) is 0 Å². The monoisotopic (exact) mass is 245 g/mol. The number of aliphatic hydroxyl groups excluding tert-OH is 1. The highest BCUT2D eigenvalue weighted by Crippen LogP contribution is 2.24. The predicted molar refractivity (Wildman–Crippen MR) is 68.8 cm³/mol. The Balaban J connectivity index is 3.81. The van der Waals surface area contributed by atoms with Gasteiger partial charge in [0, 0.05) is 31.6 Å². The molecule has 0 aliphatic heterocycles. The van der Waals surface area contributed by atoms with Gasteiger partial charge in [0.1, 0.15) is 0 Å². The summed E-state index contributed by atoms with van der Waals surface area (Å²) < 4.78 is 5.17. The van der Waals surface area contributed by atoms with Crippen LogP contribution in [-0.2, 0) is 9.53 Å². The minimum absolute atomic E-state index is 0.0458. The third kappa shape index (κ3) is 6.64. The zero-order chi connectivity index (χ0) is 13.1. The summed E-state index contributed by atoms with van der Waals surface area (Å²) in [5.74, 6) is 0.0458. The third-order valence-electron chi connectivity index (χ3n) is 3.39. The van der Waals surface area contributed by atoms with Crippen LogP contribution in [0.15, 0.2) is 0 Å². The summed E-state index contributed by atoms with van der Waals surface area (Å²) in [7, 11) is 0. The van der Waals surface area contributed by atoms with E-state index in [4.69, 9.17) is 4.74 Å². The lowest BCUT2D eigenvalue weighted by Gasteiger charge is -2.29. The average Bonchev–Trinajstić information content (AvgIpc) is 2.37. The van der Waals surface area contributed by atoms with Gasteiger partial charge in [0.2, 0.25) is 5.91 Å². The lowest BCUT2D eigenvalue weighted by molar-refractivity contribution is -0.122. The maximum atomic E-state index is 11.6. The van der Waals surface area contributed by atoms with Crippen molar-refractivity contribution in [2.75, 3.05) is 26.4 Å². The number of hydrogen-bond donors (Lipinski definition) is 2. The molecule has 0 aromatic rings. The molecule has 0 spiro atoms. The van der Waals surface area contributed by atoms with Gasteiger partial charge >= 0.3 is 0 Å². The molecular weight excluding hydrogens is 218 g/mol. The van der Waals surface area contributed by atoms with Gasteiger partial charge in [-0.1, -0.05) is 13.8 Å². The molecule has 1 amide bonds. The second-order valence-corrected chi connectivity index (χ2v) is 4.44. The van der Waals surface area contributed by atoms with E-state index in [1.54, 1.807) is 0 Å². The van der Waals surface area contributed by atoms with Crippen LogP contribution in [0.3, 0.4) is 0 Å². The fourth-order valence-electron chi connectivity index (χ4n) is 1.63. The van der Waals surface area contributed by atoms with E-state index in [0.29, 0.717) is 26.2 Å². The largest absolute Gasteiger partial charge is 0.396 e. The molecule has 4 heteroatoms. The van der Waals surface area contributed by atoms with E-state index in [-0.39, 0.29) is 17.9 Å². The molecule has 0 saturated heterocycles. The van der Waals surface area contributed by atoms with Crippen LogP contribution in [0.4, 0.5) is 0 Å². The lowest BCUT2D eigenvalue weighted by Crippen LogP contribution is -2.39. The van der Waals surface area contributed by atoms with Crippen LogP contribution in [0.2, 0.25) is 0 Å². The molecule has 0 bridgehead atoms. The van der Waals surface area contributed by atoms with Crippen LogP contribution in [0.25, 0.3) is 0 Å². The van der Waals surface area contributed by atoms with Crippen molar-refractivity contribution in [3.63, 3.8) is 0 Å². The first kappa shape index (κ1) is 16.4. The molecule has 17 heavy (non-hydrogen) atoms. The Kier molecular flexibility index (Phi) is 9.09. The zero-order valence-corrected chi connectivity index (χ0v) is 11.4. The number of carbonyl (C=O) groups is 1. The van der Waals surface area contributed by atoms with E-state index >= 15 is 0 Å². The molecule has 0 radical (unpaired) electrons. The Morgan fingerprint density at radius 1 is 1.29 bits per heavy atom. The molecule has 0 fully saturated rings. The summed E-state index contributed by atoms with van der Waals surface area (Å²) in [5, 5.41) is 12.3. The van der Waals surface area contributed by atoms with Crippen LogP contribution in [0.1, 0.15) is 46.5 Å². The second-order valence-electron chi connectivity index (χ2n) is 4.44. The SMILES string of the molecule is CCOCCCC(=O)NCC(CC)(CC)CO. The molecule has 0 aliphatic rings. The summed E-state index contributed by atoms with van der Waals surface area (Å²) in [6.07, 6.45) is 3.00. The van der Waals surface area contributed by atoms with E-state index in [0.717, 1.165) is 19.3 Å². The number of nitrogens with one attached hydrogen (secondary N) is 1. The molecule has 2 N–H and O–H groups in total. The number of amides is 1. The van der Waals surface area contributed by atoms with Gasteiger partial charge in [-0.15, -0.1) is 0 Å². The van der Waals surface area contributed by atoms with E-state index in [2.05, 4.69) is 5.32 Å². The van der Waals surface area contributed by atoms with Gasteiger partial charge in [0.15, 0.2) is 0 Å². The molecule has 102 valence electrons. The smallest absolute Gasteiger partial charge is 0.220 e. The third-order valence-corrected chi connectivity index (χ3v) is 3.39. The number of aliphatic hydroxyl groups is 1. The molecule has 0 saturated carbocycles. The van der Waals surface area contributed by atoms with Crippen molar-refractivity contribution in [2.24, 2.45) is 5.41 Å². The minimum atomic E-state index is -0.157. The van der Waals surface area contributed by atoms with Crippen molar-refractivity contribution in [1.29, 1.82) is 0 Å². The summed E-state index contributed by atoms with van der Waals surface area (Å²) in [5.41, 5.74) is -0.157. The predicted octanol–water partition coefficient (Wildman–Crippen LogP) is 1.72. The summed E-state index contributed by atoms with van der Waals surface area (Å²) in [4.78, 5) is 11.6. The summed E-state index contributed by atoms with van der Waals surface area (Å²) in [6, 6.07) is 0. The first-order valence-electron chi connectivity index (χ1n) is 6.59. The van der Waals surface area contributed by atoms with Crippen LogP contribution in [0, 0.1) is 5.41 Å². The molecule has 0 rings (SSSR count). The van der Waals surface area contributed by atoms with Crippen LogP contribution in [0.5, 0.6) is 0 Å². The van der Waals surface area contributed by atoms with Crippen molar-refractivity contribution in [3.8, 4) is 0 Å². The Morgan fingerprint density at radius 3 is 2.41 bits per heavy atom. The highest BCUT2D eigenvalue weighted by molar-refractivity contribution is 5.75. The van der Waals surface area contributed by atoms with Crippen LogP contribution in [-0.4, -0.2) is 37.4 Å². The molecule has 0 heterocycles. The summed E-state index contributed by atoms with van der Waals surface area (Å²) in [6.45, 7) is 8.04. The maximum absolute atomic E-state index is 11.6. The van der Waals surface area contributed by atoms with Crippen molar-refractivity contribution in [1.82, 2.24) is 5.32 Å². The van der Waals surface area contributed by atoms with Gasteiger partial charge in [-0.25, -0.2) is 0 Å². The number of carbonyl (C=O) groups excluding carboxylic acids is 1. The molecule has 0 aromatic carbocycles. The Hall–Kier alpha value is -0.610. The molecule has 0 atom stereocenters. The van der Waals surface area contributed by atoms with E-state index in [1.165, 1.54) is 0 Å². The van der Waals surface area contributed by atoms with Gasteiger partial charge in [-0.05, 0) is 26.2 Å². The normalized spacial score (nSPS) is 11.5. The van der Waals surface area contributed by atoms with E-state index in [9.17, 15) is 9.90 Å². The topological polar surface area (TPSA) is 58.6 Å². The van der Waals surface area contributed by atoms with E-state index in [1.807, 2.05) is 20.8 Å². The van der Waals surface area contributed by atoms with Gasteiger partial charge in [0.25, 0.3) is 0 Å². The van der Waals surface area contributed by atoms with Crippen molar-refractivity contribution < 1.29 is 14.6 Å². The molecule has 0 aromatic heterocycles. The Morgan fingerprint density at radius 2 is 1.94 bits per heavy atom.